The molecule has 1 aliphatic rings. The summed E-state index contributed by atoms with van der Waals surface area (Å²) in [4.78, 5) is 24.6. The zero-order valence-electron chi connectivity index (χ0n) is 13.9. The molecule has 1 saturated carbocycles. The predicted octanol–water partition coefficient (Wildman–Crippen LogP) is 4.06. The van der Waals surface area contributed by atoms with Crippen LogP contribution in [0.4, 0.5) is 0 Å². The lowest BCUT2D eigenvalue weighted by atomic mass is 9.86. The summed E-state index contributed by atoms with van der Waals surface area (Å²) >= 11 is 7.39. The van der Waals surface area contributed by atoms with Crippen LogP contribution in [0.15, 0.2) is 29.2 Å². The monoisotopic (exact) mass is 369 g/mol. The van der Waals surface area contributed by atoms with E-state index in [1.165, 1.54) is 6.42 Å². The van der Waals surface area contributed by atoms with Gasteiger partial charge in [0.05, 0.1) is 6.42 Å². The Labute approximate surface area is 152 Å². The van der Waals surface area contributed by atoms with Gasteiger partial charge in [0.25, 0.3) is 5.91 Å². The summed E-state index contributed by atoms with van der Waals surface area (Å²) in [5.74, 6) is 0.562. The number of carbonyl (C=O) groups is 2. The summed E-state index contributed by atoms with van der Waals surface area (Å²) in [6, 6.07) is 7.68. The molecular formula is C18H24ClNO3S. The standard InChI is InChI=1S/C18H24ClNO3S/c1-13-4-2-3-5-16(13)20-17(21)12-23-18(22)10-11-24-15-8-6-14(19)7-9-15/h6-9,13,16H,2-5,10-12H2,1H3,(H,20,21)/t13-,16-/m0/s1. The lowest BCUT2D eigenvalue weighted by molar-refractivity contribution is -0.148. The average Bonchev–Trinajstić information content (AvgIpc) is 2.57. The second-order valence-corrected chi connectivity index (χ2v) is 7.75. The molecule has 0 unspecified atom stereocenters. The highest BCUT2D eigenvalue weighted by Crippen LogP contribution is 2.23. The van der Waals surface area contributed by atoms with Gasteiger partial charge in [0.1, 0.15) is 0 Å². The van der Waals surface area contributed by atoms with Gasteiger partial charge in [-0.25, -0.2) is 0 Å². The van der Waals surface area contributed by atoms with Crippen molar-refractivity contribution in [3.63, 3.8) is 0 Å². The van der Waals surface area contributed by atoms with Gasteiger partial charge in [-0.2, -0.15) is 0 Å². The molecule has 1 N–H and O–H groups in total. The van der Waals surface area contributed by atoms with E-state index in [-0.39, 0.29) is 30.9 Å². The molecule has 0 saturated heterocycles. The van der Waals surface area contributed by atoms with Gasteiger partial charge in [0.15, 0.2) is 6.61 Å². The molecule has 2 atom stereocenters. The summed E-state index contributed by atoms with van der Waals surface area (Å²) in [5.41, 5.74) is 0. The van der Waals surface area contributed by atoms with Crippen LogP contribution >= 0.6 is 23.4 Å². The highest BCUT2D eigenvalue weighted by Gasteiger charge is 2.23. The quantitative estimate of drug-likeness (QED) is 0.581. The Morgan fingerprint density at radius 2 is 1.96 bits per heavy atom. The van der Waals surface area contributed by atoms with E-state index >= 15 is 0 Å². The molecule has 0 spiro atoms. The second kappa shape index (κ2) is 9.94. The van der Waals surface area contributed by atoms with Gasteiger partial charge in [-0.05, 0) is 43.0 Å². The number of hydrogen-bond acceptors (Lipinski definition) is 4. The van der Waals surface area contributed by atoms with E-state index in [0.717, 1.165) is 24.2 Å². The van der Waals surface area contributed by atoms with E-state index in [0.29, 0.717) is 16.7 Å². The van der Waals surface area contributed by atoms with Crippen LogP contribution in [0, 0.1) is 5.92 Å². The maximum absolute atomic E-state index is 11.9. The third kappa shape index (κ3) is 6.73. The molecule has 6 heteroatoms. The Bertz CT molecular complexity index is 550. The number of carbonyl (C=O) groups excluding carboxylic acids is 2. The Kier molecular flexibility index (Phi) is 7.92. The van der Waals surface area contributed by atoms with Gasteiger partial charge >= 0.3 is 5.97 Å². The van der Waals surface area contributed by atoms with Crippen LogP contribution in [0.5, 0.6) is 0 Å². The number of amides is 1. The first-order valence-corrected chi connectivity index (χ1v) is 9.74. The van der Waals surface area contributed by atoms with Gasteiger partial charge in [-0.15, -0.1) is 11.8 Å². The van der Waals surface area contributed by atoms with Crippen molar-refractivity contribution in [3.8, 4) is 0 Å². The maximum Gasteiger partial charge on any atom is 0.307 e. The van der Waals surface area contributed by atoms with Crippen molar-refractivity contribution in [1.82, 2.24) is 5.32 Å². The van der Waals surface area contributed by atoms with Crippen molar-refractivity contribution in [1.29, 1.82) is 0 Å². The molecule has 132 valence electrons. The van der Waals surface area contributed by atoms with Gasteiger partial charge in [-0.1, -0.05) is 31.4 Å². The molecule has 1 fully saturated rings. The van der Waals surface area contributed by atoms with E-state index in [2.05, 4.69) is 12.2 Å². The van der Waals surface area contributed by atoms with Gasteiger partial charge in [0.2, 0.25) is 0 Å². The van der Waals surface area contributed by atoms with E-state index < -0.39 is 0 Å². The third-order valence-electron chi connectivity index (χ3n) is 4.21. The first-order valence-electron chi connectivity index (χ1n) is 8.38. The van der Waals surface area contributed by atoms with Crippen molar-refractivity contribution >= 4 is 35.2 Å². The van der Waals surface area contributed by atoms with Gasteiger partial charge in [0, 0.05) is 21.7 Å². The van der Waals surface area contributed by atoms with E-state index in [1.54, 1.807) is 11.8 Å². The molecule has 0 radical (unpaired) electrons. The van der Waals surface area contributed by atoms with Crippen LogP contribution in [0.2, 0.25) is 5.02 Å². The van der Waals surface area contributed by atoms with Crippen LogP contribution in [-0.2, 0) is 14.3 Å². The fourth-order valence-electron chi connectivity index (χ4n) is 2.78. The minimum Gasteiger partial charge on any atom is -0.456 e. The van der Waals surface area contributed by atoms with E-state index in [4.69, 9.17) is 16.3 Å². The van der Waals surface area contributed by atoms with Crippen LogP contribution < -0.4 is 5.32 Å². The number of thioether (sulfide) groups is 1. The largest absolute Gasteiger partial charge is 0.456 e. The smallest absolute Gasteiger partial charge is 0.307 e. The molecule has 1 amide bonds. The summed E-state index contributed by atoms with van der Waals surface area (Å²) in [5, 5.41) is 3.67. The Hall–Kier alpha value is -1.20. The predicted molar refractivity (Wildman–Crippen MR) is 97.3 cm³/mol. The molecular weight excluding hydrogens is 346 g/mol. The normalized spacial score (nSPS) is 20.4. The van der Waals surface area contributed by atoms with Crippen molar-refractivity contribution in [2.24, 2.45) is 5.92 Å². The summed E-state index contributed by atoms with van der Waals surface area (Å²) in [6.07, 6.45) is 4.82. The first kappa shape index (κ1) is 19.1. The zero-order chi connectivity index (χ0) is 17.4. The average molecular weight is 370 g/mol. The fourth-order valence-corrected chi connectivity index (χ4v) is 3.74. The summed E-state index contributed by atoms with van der Waals surface area (Å²) in [6.45, 7) is 1.97. The Morgan fingerprint density at radius 1 is 1.25 bits per heavy atom. The Morgan fingerprint density at radius 3 is 2.67 bits per heavy atom. The number of esters is 1. The number of hydrogen-bond donors (Lipinski definition) is 1. The van der Waals surface area contributed by atoms with E-state index in [1.807, 2.05) is 24.3 Å². The SMILES string of the molecule is C[C@H]1CCCC[C@@H]1NC(=O)COC(=O)CCSc1ccc(Cl)cc1. The van der Waals surface area contributed by atoms with Crippen LogP contribution in [-0.4, -0.2) is 30.3 Å². The van der Waals surface area contributed by atoms with Crippen molar-refractivity contribution < 1.29 is 14.3 Å². The van der Waals surface area contributed by atoms with Crippen LogP contribution in [0.3, 0.4) is 0 Å². The van der Waals surface area contributed by atoms with Gasteiger partial charge < -0.3 is 10.1 Å². The maximum atomic E-state index is 11.9. The lowest BCUT2D eigenvalue weighted by Gasteiger charge is -2.29. The van der Waals surface area contributed by atoms with Crippen molar-refractivity contribution in [3.05, 3.63) is 29.3 Å². The Balaban J connectivity index is 1.60. The molecule has 0 aromatic heterocycles. The molecule has 24 heavy (non-hydrogen) atoms. The summed E-state index contributed by atoms with van der Waals surface area (Å²) in [7, 11) is 0. The number of halogens is 1. The molecule has 1 aromatic rings. The number of benzene rings is 1. The van der Waals surface area contributed by atoms with Gasteiger partial charge in [-0.3, -0.25) is 9.59 Å². The minimum absolute atomic E-state index is 0.187. The molecule has 2 rings (SSSR count). The molecule has 0 aliphatic heterocycles. The second-order valence-electron chi connectivity index (χ2n) is 6.15. The highest BCUT2D eigenvalue weighted by molar-refractivity contribution is 7.99. The van der Waals surface area contributed by atoms with E-state index in [9.17, 15) is 9.59 Å². The molecule has 0 bridgehead atoms. The first-order chi connectivity index (χ1) is 11.5. The fraction of sp³-hybridized carbons (Fsp3) is 0.556. The highest BCUT2D eigenvalue weighted by atomic mass is 35.5. The van der Waals surface area contributed by atoms with Crippen LogP contribution in [0.1, 0.15) is 39.0 Å². The molecule has 1 aromatic carbocycles. The van der Waals surface area contributed by atoms with Crippen molar-refractivity contribution in [2.45, 2.75) is 50.0 Å². The zero-order valence-corrected chi connectivity index (χ0v) is 15.5. The molecule has 0 heterocycles. The third-order valence-corrected chi connectivity index (χ3v) is 5.48. The molecule has 1 aliphatic carbocycles. The molecule has 4 nitrogen and oxygen atoms in total. The lowest BCUT2D eigenvalue weighted by Crippen LogP contribution is -2.42. The minimum atomic E-state index is -0.344. The van der Waals surface area contributed by atoms with Crippen molar-refractivity contribution in [2.75, 3.05) is 12.4 Å². The topological polar surface area (TPSA) is 55.4 Å². The number of ether oxygens (including phenoxy) is 1. The van der Waals surface area contributed by atoms with Crippen LogP contribution in [0.25, 0.3) is 0 Å². The summed E-state index contributed by atoms with van der Waals surface area (Å²) < 4.78 is 5.05. The number of nitrogens with one attached hydrogen (secondary N) is 1. The number of rotatable bonds is 7.